The average molecular weight is 240 g/mol. The molecule has 0 aromatic carbocycles. The van der Waals surface area contributed by atoms with E-state index in [1.54, 1.807) is 0 Å². The molecule has 1 aliphatic heterocycles. The summed E-state index contributed by atoms with van der Waals surface area (Å²) in [5.41, 5.74) is 0. The minimum atomic E-state index is -0.360. The number of nitrogens with one attached hydrogen (secondary N) is 2. The molecular formula is C13H24N2O2. The van der Waals surface area contributed by atoms with Crippen LogP contribution >= 0.6 is 0 Å². The molecule has 1 saturated heterocycles. The summed E-state index contributed by atoms with van der Waals surface area (Å²) >= 11 is 0. The van der Waals surface area contributed by atoms with E-state index in [9.17, 15) is 9.90 Å². The van der Waals surface area contributed by atoms with E-state index >= 15 is 0 Å². The van der Waals surface area contributed by atoms with E-state index in [2.05, 4.69) is 17.6 Å². The van der Waals surface area contributed by atoms with Crippen LogP contribution in [-0.2, 0) is 4.79 Å². The molecule has 0 spiro atoms. The Kier molecular flexibility index (Phi) is 4.40. The molecule has 2 aliphatic rings. The summed E-state index contributed by atoms with van der Waals surface area (Å²) in [4.78, 5) is 11.9. The number of amides is 1. The van der Waals surface area contributed by atoms with E-state index in [0.717, 1.165) is 18.8 Å². The summed E-state index contributed by atoms with van der Waals surface area (Å²) in [6.07, 6.45) is 6.15. The van der Waals surface area contributed by atoms with Crippen LogP contribution in [0.25, 0.3) is 0 Å². The number of aliphatic hydroxyl groups is 1. The Morgan fingerprint density at radius 2 is 2.06 bits per heavy atom. The van der Waals surface area contributed by atoms with Gasteiger partial charge in [-0.1, -0.05) is 13.3 Å². The largest absolute Gasteiger partial charge is 0.392 e. The molecule has 17 heavy (non-hydrogen) atoms. The Balaban J connectivity index is 1.72. The molecule has 0 radical (unpaired) electrons. The molecule has 98 valence electrons. The van der Waals surface area contributed by atoms with Crippen LogP contribution in [0.3, 0.4) is 0 Å². The predicted octanol–water partition coefficient (Wildman–Crippen LogP) is 0.794. The lowest BCUT2D eigenvalue weighted by atomic mass is 9.84. The first-order valence-corrected chi connectivity index (χ1v) is 6.90. The van der Waals surface area contributed by atoms with Crippen LogP contribution in [0.15, 0.2) is 0 Å². The van der Waals surface area contributed by atoms with Crippen molar-refractivity contribution < 1.29 is 9.90 Å². The first kappa shape index (κ1) is 12.8. The molecule has 0 aromatic rings. The van der Waals surface area contributed by atoms with Gasteiger partial charge in [-0.3, -0.25) is 4.79 Å². The Hall–Kier alpha value is -0.610. The smallest absolute Gasteiger partial charge is 0.237 e. The van der Waals surface area contributed by atoms with Crippen LogP contribution in [-0.4, -0.2) is 35.7 Å². The molecule has 2 atom stereocenters. The second kappa shape index (κ2) is 5.83. The van der Waals surface area contributed by atoms with Crippen LogP contribution in [0.4, 0.5) is 0 Å². The topological polar surface area (TPSA) is 61.4 Å². The van der Waals surface area contributed by atoms with E-state index in [4.69, 9.17) is 0 Å². The first-order chi connectivity index (χ1) is 8.19. The highest BCUT2D eigenvalue weighted by atomic mass is 16.3. The van der Waals surface area contributed by atoms with Gasteiger partial charge >= 0.3 is 0 Å². The summed E-state index contributed by atoms with van der Waals surface area (Å²) in [6.45, 7) is 2.79. The maximum atomic E-state index is 11.9. The fourth-order valence-electron chi connectivity index (χ4n) is 2.93. The Morgan fingerprint density at radius 3 is 2.59 bits per heavy atom. The third-order valence-electron chi connectivity index (χ3n) is 4.19. The van der Waals surface area contributed by atoms with E-state index in [1.165, 1.54) is 19.3 Å². The minimum Gasteiger partial charge on any atom is -0.392 e. The van der Waals surface area contributed by atoms with Crippen molar-refractivity contribution in [2.75, 3.05) is 6.54 Å². The number of rotatable bonds is 3. The number of hydrogen-bond acceptors (Lipinski definition) is 3. The van der Waals surface area contributed by atoms with Gasteiger partial charge in [-0.25, -0.2) is 0 Å². The zero-order valence-electron chi connectivity index (χ0n) is 10.6. The SMILES string of the molecule is CCC1CCC(NC(=O)C2CC(O)CN2)CC1. The van der Waals surface area contributed by atoms with Crippen LogP contribution in [0.1, 0.15) is 45.4 Å². The van der Waals surface area contributed by atoms with E-state index in [1.807, 2.05) is 0 Å². The molecule has 1 saturated carbocycles. The van der Waals surface area contributed by atoms with Crippen molar-refractivity contribution >= 4 is 5.91 Å². The van der Waals surface area contributed by atoms with Crippen LogP contribution in [0.2, 0.25) is 0 Å². The zero-order valence-corrected chi connectivity index (χ0v) is 10.6. The third-order valence-corrected chi connectivity index (χ3v) is 4.19. The van der Waals surface area contributed by atoms with Gasteiger partial charge < -0.3 is 15.7 Å². The Labute approximate surface area is 103 Å². The number of aliphatic hydroxyl groups excluding tert-OH is 1. The molecule has 0 aromatic heterocycles. The monoisotopic (exact) mass is 240 g/mol. The molecule has 2 rings (SSSR count). The quantitative estimate of drug-likeness (QED) is 0.683. The Bertz CT molecular complexity index is 262. The van der Waals surface area contributed by atoms with Crippen molar-refractivity contribution in [2.24, 2.45) is 5.92 Å². The van der Waals surface area contributed by atoms with Crippen LogP contribution < -0.4 is 10.6 Å². The van der Waals surface area contributed by atoms with Crippen LogP contribution in [0, 0.1) is 5.92 Å². The van der Waals surface area contributed by atoms with Gasteiger partial charge in [0.25, 0.3) is 0 Å². The molecule has 1 heterocycles. The van der Waals surface area contributed by atoms with Gasteiger partial charge in [-0.2, -0.15) is 0 Å². The second-order valence-corrected chi connectivity index (χ2v) is 5.48. The standard InChI is InChI=1S/C13H24N2O2/c1-2-9-3-5-10(6-4-9)15-13(17)12-7-11(16)8-14-12/h9-12,14,16H,2-8H2,1H3,(H,15,17). The molecule has 4 heteroatoms. The average Bonchev–Trinajstić information content (AvgIpc) is 2.77. The highest BCUT2D eigenvalue weighted by Crippen LogP contribution is 2.26. The van der Waals surface area contributed by atoms with Crippen molar-refractivity contribution in [1.29, 1.82) is 0 Å². The van der Waals surface area contributed by atoms with Gasteiger partial charge in [0.2, 0.25) is 5.91 Å². The van der Waals surface area contributed by atoms with Crippen molar-refractivity contribution in [2.45, 2.75) is 63.6 Å². The Morgan fingerprint density at radius 1 is 1.35 bits per heavy atom. The zero-order chi connectivity index (χ0) is 12.3. The lowest BCUT2D eigenvalue weighted by Crippen LogP contribution is -2.46. The first-order valence-electron chi connectivity index (χ1n) is 6.90. The summed E-state index contributed by atoms with van der Waals surface area (Å²) in [7, 11) is 0. The van der Waals surface area contributed by atoms with Gasteiger partial charge in [0, 0.05) is 12.6 Å². The molecule has 1 aliphatic carbocycles. The predicted molar refractivity (Wildman–Crippen MR) is 66.6 cm³/mol. The molecule has 2 unspecified atom stereocenters. The van der Waals surface area contributed by atoms with Gasteiger partial charge in [0.05, 0.1) is 12.1 Å². The van der Waals surface area contributed by atoms with E-state index < -0.39 is 0 Å². The van der Waals surface area contributed by atoms with Crippen molar-refractivity contribution in [1.82, 2.24) is 10.6 Å². The summed E-state index contributed by atoms with van der Waals surface area (Å²) in [5, 5.41) is 15.5. The van der Waals surface area contributed by atoms with Gasteiger partial charge in [-0.15, -0.1) is 0 Å². The summed E-state index contributed by atoms with van der Waals surface area (Å²) in [5.74, 6) is 0.927. The van der Waals surface area contributed by atoms with Gasteiger partial charge in [0.1, 0.15) is 0 Å². The highest BCUT2D eigenvalue weighted by molar-refractivity contribution is 5.82. The summed E-state index contributed by atoms with van der Waals surface area (Å²) < 4.78 is 0. The number of carbonyl (C=O) groups is 1. The minimum absolute atomic E-state index is 0.0708. The van der Waals surface area contributed by atoms with Gasteiger partial charge in [0.15, 0.2) is 0 Å². The molecule has 1 amide bonds. The third kappa shape index (κ3) is 3.42. The summed E-state index contributed by atoms with van der Waals surface area (Å²) in [6, 6.07) is 0.166. The lowest BCUT2D eigenvalue weighted by molar-refractivity contribution is -0.123. The number of carbonyl (C=O) groups excluding carboxylic acids is 1. The fourth-order valence-corrected chi connectivity index (χ4v) is 2.93. The van der Waals surface area contributed by atoms with E-state index in [-0.39, 0.29) is 18.1 Å². The van der Waals surface area contributed by atoms with Crippen molar-refractivity contribution in [3.05, 3.63) is 0 Å². The van der Waals surface area contributed by atoms with Crippen LogP contribution in [0.5, 0.6) is 0 Å². The normalized spacial score (nSPS) is 38.0. The van der Waals surface area contributed by atoms with Crippen molar-refractivity contribution in [3.8, 4) is 0 Å². The molecule has 4 nitrogen and oxygen atoms in total. The number of β-amino-alcohol motifs (C(OH)–C–C–N with tert-alkyl or cyclic N) is 1. The van der Waals surface area contributed by atoms with Gasteiger partial charge in [-0.05, 0) is 38.0 Å². The molecule has 2 fully saturated rings. The molecular weight excluding hydrogens is 216 g/mol. The number of hydrogen-bond donors (Lipinski definition) is 3. The maximum Gasteiger partial charge on any atom is 0.237 e. The molecule has 0 bridgehead atoms. The maximum absolute atomic E-state index is 11.9. The second-order valence-electron chi connectivity index (χ2n) is 5.48. The van der Waals surface area contributed by atoms with Crippen molar-refractivity contribution in [3.63, 3.8) is 0 Å². The highest BCUT2D eigenvalue weighted by Gasteiger charge is 2.30. The fraction of sp³-hybridized carbons (Fsp3) is 0.923. The molecule has 3 N–H and O–H groups in total. The lowest BCUT2D eigenvalue weighted by Gasteiger charge is -2.29. The van der Waals surface area contributed by atoms with E-state index in [0.29, 0.717) is 19.0 Å².